The van der Waals surface area contributed by atoms with Crippen molar-refractivity contribution < 1.29 is 20.4 Å². The Labute approximate surface area is 99.4 Å². The fourth-order valence-corrected chi connectivity index (χ4v) is 2.41. The summed E-state index contributed by atoms with van der Waals surface area (Å²) >= 11 is 1.66. The van der Waals surface area contributed by atoms with Gasteiger partial charge in [0, 0.05) is 13.0 Å². The Morgan fingerprint density at radius 3 is 2.88 bits per heavy atom. The van der Waals surface area contributed by atoms with Crippen molar-refractivity contribution in [2.24, 2.45) is 0 Å². The summed E-state index contributed by atoms with van der Waals surface area (Å²) in [7, 11) is 0. The minimum Gasteiger partial charge on any atom is -0.548 e. The van der Waals surface area contributed by atoms with Gasteiger partial charge in [0.05, 0.1) is 12.0 Å². The average molecular weight is 246 g/mol. The van der Waals surface area contributed by atoms with Gasteiger partial charge in [-0.05, 0) is 24.9 Å². The Morgan fingerprint density at radius 2 is 2.31 bits per heavy atom. The first kappa shape index (κ1) is 13.3. The largest absolute Gasteiger partial charge is 0.548 e. The first-order chi connectivity index (χ1) is 7.57. The topological polar surface area (TPSA) is 88.1 Å². The Bertz CT molecular complexity index is 273. The molecular formula is C10H18N2O3S. The molecule has 0 aromatic carbocycles. The Hall–Kier alpha value is -0.750. The van der Waals surface area contributed by atoms with E-state index in [4.69, 9.17) is 0 Å². The lowest BCUT2D eigenvalue weighted by Crippen LogP contribution is -2.69. The van der Waals surface area contributed by atoms with E-state index in [2.05, 4.69) is 5.73 Å². The van der Waals surface area contributed by atoms with Crippen molar-refractivity contribution in [1.29, 1.82) is 0 Å². The van der Waals surface area contributed by atoms with Crippen molar-refractivity contribution in [3.63, 3.8) is 0 Å². The highest BCUT2D eigenvalue weighted by Crippen LogP contribution is 2.17. The second kappa shape index (κ2) is 6.10. The Balaban J connectivity index is 2.55. The second-order valence-electron chi connectivity index (χ2n) is 3.99. The third kappa shape index (κ3) is 3.12. The Kier molecular flexibility index (Phi) is 5.08. The predicted octanol–water partition coefficient (Wildman–Crippen LogP) is -1.91. The van der Waals surface area contributed by atoms with E-state index in [-0.39, 0.29) is 11.9 Å². The maximum absolute atomic E-state index is 11.9. The Morgan fingerprint density at radius 1 is 1.62 bits per heavy atom. The number of aliphatic carboxylic acids is 1. The molecule has 0 spiro atoms. The number of amides is 1. The van der Waals surface area contributed by atoms with Gasteiger partial charge in [-0.3, -0.25) is 4.79 Å². The molecule has 6 heteroatoms. The molecule has 1 amide bonds. The molecule has 16 heavy (non-hydrogen) atoms. The second-order valence-corrected chi connectivity index (χ2v) is 4.97. The normalized spacial score (nSPS) is 22.1. The number of carbonyl (C=O) groups excluding carboxylic acids is 2. The molecule has 1 saturated heterocycles. The zero-order valence-electron chi connectivity index (χ0n) is 9.48. The van der Waals surface area contributed by atoms with Crippen molar-refractivity contribution in [2.75, 3.05) is 18.6 Å². The summed E-state index contributed by atoms with van der Waals surface area (Å²) in [5.74, 6) is -0.437. The summed E-state index contributed by atoms with van der Waals surface area (Å²) in [6.45, 7) is 0.517. The van der Waals surface area contributed by atoms with Gasteiger partial charge in [0.15, 0.2) is 6.04 Å². The third-order valence-corrected chi connectivity index (χ3v) is 3.47. The fraction of sp³-hybridized carbons (Fsp3) is 0.800. The van der Waals surface area contributed by atoms with Gasteiger partial charge in [-0.25, -0.2) is 0 Å². The summed E-state index contributed by atoms with van der Waals surface area (Å²) in [5, 5.41) is 10.8. The van der Waals surface area contributed by atoms with Gasteiger partial charge in [0.2, 0.25) is 0 Å². The van der Waals surface area contributed by atoms with Crippen molar-refractivity contribution >= 4 is 23.6 Å². The van der Waals surface area contributed by atoms with Crippen LogP contribution in [-0.4, -0.2) is 47.4 Å². The van der Waals surface area contributed by atoms with Crippen LogP contribution in [0.5, 0.6) is 0 Å². The van der Waals surface area contributed by atoms with Gasteiger partial charge in [0.25, 0.3) is 5.91 Å². The number of hydrogen-bond donors (Lipinski definition) is 1. The zero-order chi connectivity index (χ0) is 12.1. The number of quaternary nitrogens is 1. The number of carboxylic acid groups (broad SMARTS) is 1. The van der Waals surface area contributed by atoms with E-state index in [0.717, 1.165) is 12.2 Å². The van der Waals surface area contributed by atoms with Crippen LogP contribution < -0.4 is 10.8 Å². The van der Waals surface area contributed by atoms with Crippen molar-refractivity contribution in [3.05, 3.63) is 0 Å². The first-order valence-electron chi connectivity index (χ1n) is 5.41. The van der Waals surface area contributed by atoms with Crippen molar-refractivity contribution in [1.82, 2.24) is 4.90 Å². The van der Waals surface area contributed by atoms with Crippen LogP contribution in [0.25, 0.3) is 0 Å². The minimum atomic E-state index is -1.15. The van der Waals surface area contributed by atoms with Crippen LogP contribution in [0.15, 0.2) is 0 Å². The number of likely N-dealkylation sites (tertiary alicyclic amines) is 1. The highest BCUT2D eigenvalue weighted by Gasteiger charge is 2.33. The number of thioether (sulfide) groups is 1. The van der Waals surface area contributed by atoms with Crippen molar-refractivity contribution in [3.8, 4) is 0 Å². The van der Waals surface area contributed by atoms with Gasteiger partial charge < -0.3 is 20.5 Å². The quantitative estimate of drug-likeness (QED) is 0.613. The summed E-state index contributed by atoms with van der Waals surface area (Å²) in [5.41, 5.74) is 3.80. The molecule has 5 nitrogen and oxygen atoms in total. The first-order valence-corrected chi connectivity index (χ1v) is 6.80. The third-order valence-electron chi connectivity index (χ3n) is 2.83. The van der Waals surface area contributed by atoms with E-state index in [1.54, 1.807) is 11.8 Å². The molecule has 0 radical (unpaired) electrons. The monoisotopic (exact) mass is 246 g/mol. The molecule has 0 unspecified atom stereocenters. The molecule has 0 saturated carbocycles. The van der Waals surface area contributed by atoms with E-state index < -0.39 is 12.0 Å². The van der Waals surface area contributed by atoms with E-state index in [1.165, 1.54) is 4.90 Å². The molecule has 3 N–H and O–H groups in total. The van der Waals surface area contributed by atoms with Gasteiger partial charge in [-0.15, -0.1) is 0 Å². The molecule has 2 atom stereocenters. The van der Waals surface area contributed by atoms with Gasteiger partial charge >= 0.3 is 0 Å². The van der Waals surface area contributed by atoms with Gasteiger partial charge in [-0.2, -0.15) is 11.8 Å². The van der Waals surface area contributed by atoms with Crippen molar-refractivity contribution in [2.45, 2.75) is 31.3 Å². The summed E-state index contributed by atoms with van der Waals surface area (Å²) in [6, 6.07) is -1.08. The molecule has 0 aliphatic carbocycles. The van der Waals surface area contributed by atoms with E-state index >= 15 is 0 Å². The lowest BCUT2D eigenvalue weighted by Gasteiger charge is -2.26. The molecule has 1 aliphatic rings. The number of nitrogens with zero attached hydrogens (tertiary/aromatic N) is 1. The molecule has 1 aliphatic heterocycles. The average Bonchev–Trinajstić information content (AvgIpc) is 2.73. The molecule has 1 heterocycles. The van der Waals surface area contributed by atoms with E-state index in [9.17, 15) is 14.7 Å². The van der Waals surface area contributed by atoms with Crippen LogP contribution in [0.1, 0.15) is 19.3 Å². The predicted molar refractivity (Wildman–Crippen MR) is 59.4 cm³/mol. The van der Waals surface area contributed by atoms with Crippen LogP contribution in [-0.2, 0) is 9.59 Å². The molecule has 1 fully saturated rings. The molecule has 92 valence electrons. The molecule has 0 bridgehead atoms. The maximum atomic E-state index is 11.9. The number of carboxylic acids is 1. The highest BCUT2D eigenvalue weighted by molar-refractivity contribution is 7.98. The molecule has 1 rings (SSSR count). The molecular weight excluding hydrogens is 228 g/mol. The number of carbonyl (C=O) groups is 2. The minimum absolute atomic E-state index is 0.152. The highest BCUT2D eigenvalue weighted by atomic mass is 32.2. The summed E-state index contributed by atoms with van der Waals surface area (Å²) in [4.78, 5) is 24.2. The lowest BCUT2D eigenvalue weighted by atomic mass is 10.2. The SMILES string of the molecule is CSCC[C@H]([NH3+])C(=O)N1CCC[C@@H]1C(=O)[O-]. The van der Waals surface area contributed by atoms with E-state index in [1.807, 2.05) is 6.26 Å². The molecule has 0 aromatic rings. The van der Waals surface area contributed by atoms with E-state index in [0.29, 0.717) is 19.4 Å². The number of rotatable bonds is 5. The van der Waals surface area contributed by atoms with Crippen LogP contribution in [0.2, 0.25) is 0 Å². The van der Waals surface area contributed by atoms with Crippen LogP contribution in [0.3, 0.4) is 0 Å². The summed E-state index contributed by atoms with van der Waals surface area (Å²) in [6.07, 6.45) is 3.90. The fourth-order valence-electron chi connectivity index (χ4n) is 1.89. The van der Waals surface area contributed by atoms with Gasteiger partial charge in [-0.1, -0.05) is 0 Å². The van der Waals surface area contributed by atoms with Crippen LogP contribution >= 0.6 is 11.8 Å². The standard InChI is InChI=1S/C10H18N2O3S/c1-16-6-4-7(11)9(13)12-5-2-3-8(12)10(14)15/h7-8H,2-6,11H2,1H3,(H,14,15)/t7-,8+/m0/s1. The lowest BCUT2D eigenvalue weighted by molar-refractivity contribution is -0.406. The zero-order valence-corrected chi connectivity index (χ0v) is 10.3. The van der Waals surface area contributed by atoms with Crippen LogP contribution in [0, 0.1) is 0 Å². The maximum Gasteiger partial charge on any atom is 0.281 e. The molecule has 0 aromatic heterocycles. The summed E-state index contributed by atoms with van der Waals surface area (Å²) < 4.78 is 0. The van der Waals surface area contributed by atoms with Crippen LogP contribution in [0.4, 0.5) is 0 Å². The smallest absolute Gasteiger partial charge is 0.281 e. The number of hydrogen-bond acceptors (Lipinski definition) is 4. The van der Waals surface area contributed by atoms with Gasteiger partial charge in [0.1, 0.15) is 0 Å².